The summed E-state index contributed by atoms with van der Waals surface area (Å²) in [5.74, 6) is 0.629. The molecule has 0 saturated heterocycles. The van der Waals surface area contributed by atoms with Crippen LogP contribution in [0.1, 0.15) is 6.92 Å². The Hall–Kier alpha value is -3.97. The van der Waals surface area contributed by atoms with Crippen molar-refractivity contribution in [2.75, 3.05) is 40.5 Å². The highest BCUT2D eigenvalue weighted by atomic mass is 32.2. The molecule has 0 radical (unpaired) electrons. The van der Waals surface area contributed by atoms with E-state index < -0.39 is 32.5 Å². The number of sulfonamides is 2. The Morgan fingerprint density at radius 1 is 0.919 bits per heavy atom. The fraction of sp³-hybridized carbons (Fsp3) is 0.208. The molecule has 0 aliphatic carbocycles. The predicted molar refractivity (Wildman–Crippen MR) is 138 cm³/mol. The molecule has 1 aliphatic heterocycles. The number of nitrogens with one attached hydrogen (secondary N) is 2. The first-order valence-electron chi connectivity index (χ1n) is 11.1. The Morgan fingerprint density at radius 3 is 2.22 bits per heavy atom. The van der Waals surface area contributed by atoms with Crippen LogP contribution in [-0.4, -0.2) is 48.9 Å². The van der Waals surface area contributed by atoms with Gasteiger partial charge in [-0.1, -0.05) is 0 Å². The lowest BCUT2D eigenvalue weighted by molar-refractivity contribution is -0.114. The number of carbonyl (C=O) groups excluding carboxylic acids is 1. The molecule has 3 aromatic carbocycles. The van der Waals surface area contributed by atoms with Crippen LogP contribution >= 0.6 is 0 Å². The van der Waals surface area contributed by atoms with Crippen molar-refractivity contribution in [3.05, 3.63) is 66.7 Å². The van der Waals surface area contributed by atoms with Gasteiger partial charge < -0.3 is 19.5 Å². The molecule has 0 unspecified atom stereocenters. The monoisotopic (exact) mass is 547 g/mol. The fourth-order valence-electron chi connectivity index (χ4n) is 3.47. The van der Waals surface area contributed by atoms with Crippen molar-refractivity contribution in [1.29, 1.82) is 0 Å². The van der Waals surface area contributed by atoms with Crippen LogP contribution in [0.3, 0.4) is 0 Å². The highest BCUT2D eigenvalue weighted by molar-refractivity contribution is 7.93. The third kappa shape index (κ3) is 6.06. The Balaban J connectivity index is 1.45. The van der Waals surface area contributed by atoms with E-state index in [1.54, 1.807) is 30.3 Å². The second kappa shape index (κ2) is 10.6. The average molecular weight is 548 g/mol. The molecule has 0 atom stereocenters. The zero-order valence-electron chi connectivity index (χ0n) is 20.0. The topological polar surface area (TPSA) is 140 Å². The van der Waals surface area contributed by atoms with E-state index in [0.717, 1.165) is 4.31 Å². The largest absolute Gasteiger partial charge is 0.497 e. The van der Waals surface area contributed by atoms with E-state index >= 15 is 0 Å². The van der Waals surface area contributed by atoms with Gasteiger partial charge in [0, 0.05) is 17.4 Å². The predicted octanol–water partition coefficient (Wildman–Crippen LogP) is 3.02. The summed E-state index contributed by atoms with van der Waals surface area (Å²) < 4.78 is 69.9. The van der Waals surface area contributed by atoms with Crippen LogP contribution in [0.15, 0.2) is 71.6 Å². The highest BCUT2D eigenvalue weighted by Gasteiger charge is 2.26. The molecule has 37 heavy (non-hydrogen) atoms. The van der Waals surface area contributed by atoms with Gasteiger partial charge in [-0.05, 0) is 67.6 Å². The summed E-state index contributed by atoms with van der Waals surface area (Å²) in [4.78, 5) is 12.7. The number of carbonyl (C=O) groups is 1. The Morgan fingerprint density at radius 2 is 1.57 bits per heavy atom. The quantitative estimate of drug-likeness (QED) is 0.395. The number of ether oxygens (including phenoxy) is 3. The minimum Gasteiger partial charge on any atom is -0.497 e. The molecule has 11 nitrogen and oxygen atoms in total. The number of hydrogen-bond acceptors (Lipinski definition) is 8. The standard InChI is InChI=1S/C24H25N3O8S2/c1-3-36(29,30)27(19-8-13-22-23(14-19)35-16-34-22)15-24(28)25-17-6-11-21(12-7-17)37(31,32)26-18-4-9-20(33-2)10-5-18/h4-14,26H,3,15-16H2,1-2H3,(H,25,28). The second-order valence-corrected chi connectivity index (χ2v) is 11.7. The lowest BCUT2D eigenvalue weighted by Gasteiger charge is -2.23. The van der Waals surface area contributed by atoms with Gasteiger partial charge in [0.1, 0.15) is 12.3 Å². The van der Waals surface area contributed by atoms with E-state index in [0.29, 0.717) is 28.6 Å². The molecular weight excluding hydrogens is 522 g/mol. The summed E-state index contributed by atoms with van der Waals surface area (Å²) >= 11 is 0. The molecule has 0 bridgehead atoms. The number of rotatable bonds is 10. The van der Waals surface area contributed by atoms with Gasteiger partial charge in [0.25, 0.3) is 10.0 Å². The number of anilines is 3. The normalized spacial score (nSPS) is 12.6. The molecule has 13 heteroatoms. The van der Waals surface area contributed by atoms with Crippen molar-refractivity contribution in [3.8, 4) is 17.2 Å². The first-order valence-corrected chi connectivity index (χ1v) is 14.2. The Kier molecular flexibility index (Phi) is 7.45. The number of methoxy groups -OCH3 is 1. The third-order valence-electron chi connectivity index (χ3n) is 5.42. The van der Waals surface area contributed by atoms with Crippen LogP contribution in [0.2, 0.25) is 0 Å². The van der Waals surface area contributed by atoms with Gasteiger partial charge in [0.15, 0.2) is 11.5 Å². The number of benzene rings is 3. The van der Waals surface area contributed by atoms with Gasteiger partial charge in [0.2, 0.25) is 22.7 Å². The van der Waals surface area contributed by atoms with E-state index in [9.17, 15) is 21.6 Å². The van der Waals surface area contributed by atoms with Gasteiger partial charge in [0.05, 0.1) is 23.4 Å². The second-order valence-electron chi connectivity index (χ2n) is 7.85. The first-order chi connectivity index (χ1) is 17.6. The maximum atomic E-state index is 12.8. The van der Waals surface area contributed by atoms with Crippen LogP contribution in [-0.2, 0) is 24.8 Å². The lowest BCUT2D eigenvalue weighted by atomic mass is 10.2. The number of nitrogens with zero attached hydrogens (tertiary/aromatic N) is 1. The number of amides is 1. The van der Waals surface area contributed by atoms with E-state index in [1.165, 1.54) is 50.4 Å². The maximum Gasteiger partial charge on any atom is 0.261 e. The summed E-state index contributed by atoms with van der Waals surface area (Å²) in [5.41, 5.74) is 0.916. The van der Waals surface area contributed by atoms with Crippen molar-refractivity contribution < 1.29 is 35.8 Å². The molecule has 0 saturated carbocycles. The van der Waals surface area contributed by atoms with Crippen molar-refractivity contribution in [1.82, 2.24) is 0 Å². The van der Waals surface area contributed by atoms with Crippen molar-refractivity contribution in [3.63, 3.8) is 0 Å². The highest BCUT2D eigenvalue weighted by Crippen LogP contribution is 2.36. The van der Waals surface area contributed by atoms with Gasteiger partial charge in [-0.15, -0.1) is 0 Å². The molecule has 196 valence electrons. The van der Waals surface area contributed by atoms with Gasteiger partial charge in [-0.2, -0.15) is 0 Å². The third-order valence-corrected chi connectivity index (χ3v) is 8.56. The average Bonchev–Trinajstić information content (AvgIpc) is 3.36. The van der Waals surface area contributed by atoms with Gasteiger partial charge in [-0.25, -0.2) is 16.8 Å². The molecule has 0 aromatic heterocycles. The molecule has 0 fully saturated rings. The number of fused-ring (bicyclic) bond motifs is 1. The fourth-order valence-corrected chi connectivity index (χ4v) is 5.59. The molecule has 4 rings (SSSR count). The molecule has 1 heterocycles. The molecule has 1 amide bonds. The van der Waals surface area contributed by atoms with E-state index in [2.05, 4.69) is 10.0 Å². The van der Waals surface area contributed by atoms with Gasteiger partial charge in [-0.3, -0.25) is 13.8 Å². The summed E-state index contributed by atoms with van der Waals surface area (Å²) in [7, 11) is -6.16. The van der Waals surface area contributed by atoms with Crippen LogP contribution in [0.4, 0.5) is 17.1 Å². The Bertz CT molecular complexity index is 1490. The summed E-state index contributed by atoms with van der Waals surface area (Å²) in [6.45, 7) is 1.02. The van der Waals surface area contributed by atoms with Crippen LogP contribution < -0.4 is 28.6 Å². The molecular formula is C24H25N3O8S2. The van der Waals surface area contributed by atoms with E-state index in [4.69, 9.17) is 14.2 Å². The molecule has 1 aliphatic rings. The van der Waals surface area contributed by atoms with Gasteiger partial charge >= 0.3 is 0 Å². The number of hydrogen-bond donors (Lipinski definition) is 2. The zero-order valence-corrected chi connectivity index (χ0v) is 21.6. The van der Waals surface area contributed by atoms with Crippen LogP contribution in [0.25, 0.3) is 0 Å². The zero-order chi connectivity index (χ0) is 26.6. The summed E-state index contributed by atoms with van der Waals surface area (Å²) in [6, 6.07) is 16.5. The first kappa shape index (κ1) is 26.1. The van der Waals surface area contributed by atoms with Crippen molar-refractivity contribution in [2.24, 2.45) is 0 Å². The van der Waals surface area contributed by atoms with E-state index in [-0.39, 0.29) is 23.1 Å². The summed E-state index contributed by atoms with van der Waals surface area (Å²) in [6.07, 6.45) is 0. The van der Waals surface area contributed by atoms with E-state index in [1.807, 2.05) is 0 Å². The van der Waals surface area contributed by atoms with Crippen molar-refractivity contribution >= 4 is 43.0 Å². The molecule has 3 aromatic rings. The lowest BCUT2D eigenvalue weighted by Crippen LogP contribution is -2.39. The van der Waals surface area contributed by atoms with Crippen molar-refractivity contribution in [2.45, 2.75) is 11.8 Å². The Labute approximate surface area is 215 Å². The van der Waals surface area contributed by atoms with Crippen LogP contribution in [0.5, 0.6) is 17.2 Å². The summed E-state index contributed by atoms with van der Waals surface area (Å²) in [5, 5.41) is 2.60. The molecule has 2 N–H and O–H groups in total. The SMILES string of the molecule is CCS(=O)(=O)N(CC(=O)Nc1ccc(S(=O)(=O)Nc2ccc(OC)cc2)cc1)c1ccc2c(c1)OCO2. The molecule has 0 spiro atoms. The van der Waals surface area contributed by atoms with Crippen LogP contribution in [0, 0.1) is 0 Å². The maximum absolute atomic E-state index is 12.8. The minimum atomic E-state index is -3.87. The smallest absolute Gasteiger partial charge is 0.261 e. The minimum absolute atomic E-state index is 0.0168.